The molecule has 0 radical (unpaired) electrons. The summed E-state index contributed by atoms with van der Waals surface area (Å²) in [6.07, 6.45) is 1.91. The summed E-state index contributed by atoms with van der Waals surface area (Å²) in [6.45, 7) is 2.62. The summed E-state index contributed by atoms with van der Waals surface area (Å²) in [7, 11) is 0. The summed E-state index contributed by atoms with van der Waals surface area (Å²) in [5, 5.41) is 13.0. The lowest BCUT2D eigenvalue weighted by atomic mass is 10.1. The Morgan fingerprint density at radius 3 is 2.90 bits per heavy atom. The zero-order valence-corrected chi connectivity index (χ0v) is 11.7. The number of fused-ring (bicyclic) bond motifs is 1. The SMILES string of the molecule is Cc1cc(Cn2cccc2/C(N)=N/O)c2ccccc2n1. The fourth-order valence-corrected chi connectivity index (χ4v) is 2.54. The van der Waals surface area contributed by atoms with Crippen LogP contribution in [0.3, 0.4) is 0 Å². The third-order valence-electron chi connectivity index (χ3n) is 3.47. The van der Waals surface area contributed by atoms with Crippen molar-refractivity contribution >= 4 is 16.7 Å². The molecule has 3 rings (SSSR count). The van der Waals surface area contributed by atoms with Crippen molar-refractivity contribution in [3.05, 3.63) is 65.6 Å². The summed E-state index contributed by atoms with van der Waals surface area (Å²) in [6, 6.07) is 13.8. The molecule has 0 saturated carbocycles. The molecule has 5 nitrogen and oxygen atoms in total. The van der Waals surface area contributed by atoms with Gasteiger partial charge in [0.05, 0.1) is 11.2 Å². The first-order valence-corrected chi connectivity index (χ1v) is 6.67. The minimum atomic E-state index is 0.107. The molecule has 0 spiro atoms. The van der Waals surface area contributed by atoms with E-state index >= 15 is 0 Å². The Hall–Kier alpha value is -2.82. The standard InChI is InChI=1S/C16H16N4O/c1-11-9-12(13-5-2-3-6-14(13)18-11)10-20-8-4-7-15(20)16(17)19-21/h2-9,21H,10H2,1H3,(H2,17,19). The summed E-state index contributed by atoms with van der Waals surface area (Å²) < 4.78 is 1.95. The number of aryl methyl sites for hydroxylation is 1. The van der Waals surface area contributed by atoms with Gasteiger partial charge in [-0.2, -0.15) is 0 Å². The van der Waals surface area contributed by atoms with Crippen LogP contribution >= 0.6 is 0 Å². The van der Waals surface area contributed by atoms with Gasteiger partial charge in [-0.05, 0) is 36.8 Å². The van der Waals surface area contributed by atoms with Gasteiger partial charge in [-0.1, -0.05) is 23.4 Å². The van der Waals surface area contributed by atoms with Crippen molar-refractivity contribution in [2.45, 2.75) is 13.5 Å². The minimum absolute atomic E-state index is 0.107. The van der Waals surface area contributed by atoms with Gasteiger partial charge in [0.2, 0.25) is 0 Å². The third kappa shape index (κ3) is 2.45. The average molecular weight is 280 g/mol. The van der Waals surface area contributed by atoms with E-state index in [4.69, 9.17) is 10.9 Å². The first-order chi connectivity index (χ1) is 10.2. The second kappa shape index (κ2) is 5.28. The number of pyridine rings is 1. The van der Waals surface area contributed by atoms with E-state index in [1.807, 2.05) is 48.0 Å². The monoisotopic (exact) mass is 280 g/mol. The quantitative estimate of drug-likeness (QED) is 0.335. The molecule has 0 unspecified atom stereocenters. The van der Waals surface area contributed by atoms with Crippen LogP contribution in [0.15, 0.2) is 53.8 Å². The fraction of sp³-hybridized carbons (Fsp3) is 0.125. The van der Waals surface area contributed by atoms with Crippen LogP contribution in [0.2, 0.25) is 0 Å². The van der Waals surface area contributed by atoms with Crippen molar-refractivity contribution in [2.75, 3.05) is 0 Å². The largest absolute Gasteiger partial charge is 0.409 e. The Labute approximate surface area is 122 Å². The Balaban J connectivity index is 2.09. The molecule has 2 aromatic heterocycles. The number of benzene rings is 1. The second-order valence-electron chi connectivity index (χ2n) is 4.95. The molecule has 106 valence electrons. The molecule has 0 aliphatic rings. The maximum absolute atomic E-state index is 8.85. The van der Waals surface area contributed by atoms with Crippen molar-refractivity contribution in [3.8, 4) is 0 Å². The van der Waals surface area contributed by atoms with Gasteiger partial charge in [0.15, 0.2) is 5.84 Å². The molecule has 0 bridgehead atoms. The van der Waals surface area contributed by atoms with Crippen LogP contribution in [0.4, 0.5) is 0 Å². The van der Waals surface area contributed by atoms with Gasteiger partial charge in [0.25, 0.3) is 0 Å². The van der Waals surface area contributed by atoms with Gasteiger partial charge in [-0.3, -0.25) is 4.98 Å². The van der Waals surface area contributed by atoms with Crippen LogP contribution in [-0.2, 0) is 6.54 Å². The molecule has 2 heterocycles. The number of amidine groups is 1. The molecular formula is C16H16N4O. The Morgan fingerprint density at radius 2 is 2.10 bits per heavy atom. The normalized spacial score (nSPS) is 12.0. The zero-order valence-electron chi connectivity index (χ0n) is 11.7. The predicted octanol–water partition coefficient (Wildman–Crippen LogP) is 2.49. The molecule has 0 saturated heterocycles. The first kappa shape index (κ1) is 13.2. The van der Waals surface area contributed by atoms with E-state index in [1.165, 1.54) is 0 Å². The van der Waals surface area contributed by atoms with Crippen molar-refractivity contribution in [1.29, 1.82) is 0 Å². The maximum Gasteiger partial charge on any atom is 0.186 e. The van der Waals surface area contributed by atoms with Gasteiger partial charge in [-0.15, -0.1) is 0 Å². The highest BCUT2D eigenvalue weighted by Crippen LogP contribution is 2.20. The number of nitrogens with two attached hydrogens (primary N) is 1. The topological polar surface area (TPSA) is 76.4 Å². The van der Waals surface area contributed by atoms with Crippen molar-refractivity contribution in [3.63, 3.8) is 0 Å². The van der Waals surface area contributed by atoms with Gasteiger partial charge in [-0.25, -0.2) is 0 Å². The lowest BCUT2D eigenvalue weighted by molar-refractivity contribution is 0.318. The number of aromatic nitrogens is 2. The predicted molar refractivity (Wildman–Crippen MR) is 82.5 cm³/mol. The molecule has 3 N–H and O–H groups in total. The van der Waals surface area contributed by atoms with Crippen LogP contribution in [0.25, 0.3) is 10.9 Å². The summed E-state index contributed by atoms with van der Waals surface area (Å²) in [5.41, 5.74) is 9.50. The van der Waals surface area contributed by atoms with Crippen LogP contribution in [0, 0.1) is 6.92 Å². The smallest absolute Gasteiger partial charge is 0.186 e. The number of rotatable bonds is 3. The maximum atomic E-state index is 8.85. The molecule has 3 aromatic rings. The van der Waals surface area contributed by atoms with Crippen LogP contribution in [0.1, 0.15) is 17.0 Å². The van der Waals surface area contributed by atoms with Gasteiger partial charge >= 0.3 is 0 Å². The van der Waals surface area contributed by atoms with Gasteiger partial charge in [0.1, 0.15) is 0 Å². The van der Waals surface area contributed by atoms with E-state index < -0.39 is 0 Å². The van der Waals surface area contributed by atoms with Crippen LogP contribution in [0.5, 0.6) is 0 Å². The average Bonchev–Trinajstić information content (AvgIpc) is 2.94. The molecular weight excluding hydrogens is 264 g/mol. The molecule has 0 aliphatic heterocycles. The zero-order chi connectivity index (χ0) is 14.8. The molecule has 21 heavy (non-hydrogen) atoms. The second-order valence-corrected chi connectivity index (χ2v) is 4.95. The lowest BCUT2D eigenvalue weighted by Gasteiger charge is -2.11. The number of para-hydroxylation sites is 1. The number of nitrogens with zero attached hydrogens (tertiary/aromatic N) is 3. The fourth-order valence-electron chi connectivity index (χ4n) is 2.54. The van der Waals surface area contributed by atoms with E-state index in [-0.39, 0.29) is 5.84 Å². The molecule has 0 atom stereocenters. The number of hydrogen-bond acceptors (Lipinski definition) is 3. The Bertz CT molecular complexity index is 820. The van der Waals surface area contributed by atoms with Gasteiger partial charge < -0.3 is 15.5 Å². The van der Waals surface area contributed by atoms with Crippen molar-refractivity contribution in [1.82, 2.24) is 9.55 Å². The van der Waals surface area contributed by atoms with E-state index in [1.54, 1.807) is 0 Å². The molecule has 0 fully saturated rings. The van der Waals surface area contributed by atoms with Crippen molar-refractivity contribution < 1.29 is 5.21 Å². The lowest BCUT2D eigenvalue weighted by Crippen LogP contribution is -2.18. The minimum Gasteiger partial charge on any atom is -0.409 e. The first-order valence-electron chi connectivity index (χ1n) is 6.67. The van der Waals surface area contributed by atoms with Crippen molar-refractivity contribution in [2.24, 2.45) is 10.9 Å². The summed E-state index contributed by atoms with van der Waals surface area (Å²) in [4.78, 5) is 4.54. The molecule has 0 amide bonds. The van der Waals surface area contributed by atoms with E-state index in [9.17, 15) is 0 Å². The van der Waals surface area contributed by atoms with E-state index in [0.29, 0.717) is 12.2 Å². The highest BCUT2D eigenvalue weighted by molar-refractivity contribution is 5.95. The van der Waals surface area contributed by atoms with Crippen LogP contribution < -0.4 is 5.73 Å². The van der Waals surface area contributed by atoms with Gasteiger partial charge in [0, 0.05) is 23.8 Å². The Kier molecular flexibility index (Phi) is 3.31. The summed E-state index contributed by atoms with van der Waals surface area (Å²) >= 11 is 0. The third-order valence-corrected chi connectivity index (χ3v) is 3.47. The summed E-state index contributed by atoms with van der Waals surface area (Å²) in [5.74, 6) is 0.107. The van der Waals surface area contributed by atoms with Crippen LogP contribution in [-0.4, -0.2) is 20.6 Å². The Morgan fingerprint density at radius 1 is 1.29 bits per heavy atom. The highest BCUT2D eigenvalue weighted by atomic mass is 16.4. The molecule has 1 aromatic carbocycles. The van der Waals surface area contributed by atoms with E-state index in [0.717, 1.165) is 22.2 Å². The molecule has 5 heteroatoms. The number of hydrogen-bond donors (Lipinski definition) is 2. The highest BCUT2D eigenvalue weighted by Gasteiger charge is 2.09. The van der Waals surface area contributed by atoms with E-state index in [2.05, 4.69) is 22.3 Å². The molecule has 0 aliphatic carbocycles. The number of oxime groups is 1.